The Morgan fingerprint density at radius 3 is 2.49 bits per heavy atom. The maximum absolute atomic E-state index is 13.0. The van der Waals surface area contributed by atoms with Gasteiger partial charge in [0.15, 0.2) is 23.3 Å². The van der Waals surface area contributed by atoms with Crippen LogP contribution in [0.5, 0.6) is 0 Å². The minimum absolute atomic E-state index is 0.00356. The monoisotopic (exact) mass is 621 g/mol. The van der Waals surface area contributed by atoms with Crippen molar-refractivity contribution in [3.8, 4) is 0 Å². The fourth-order valence-corrected chi connectivity index (χ4v) is 4.38. The number of guanidine groups is 1. The van der Waals surface area contributed by atoms with Gasteiger partial charge in [0.2, 0.25) is 0 Å². The summed E-state index contributed by atoms with van der Waals surface area (Å²) in [7, 11) is 0. The fraction of sp³-hybridized carbons (Fsp3) is 0.409. The number of piperidine rings is 1. The number of nitrogen functional groups attached to an aromatic ring is 2. The molecule has 2 aliphatic rings. The van der Waals surface area contributed by atoms with Gasteiger partial charge in [0.1, 0.15) is 9.52 Å². The molecule has 0 radical (unpaired) electrons. The third-order valence-electron chi connectivity index (χ3n) is 5.95. The number of nitrogens with zero attached hydrogens (tertiary/aromatic N) is 5. The normalized spacial score (nSPS) is 16.2. The SMILES string of the molecule is CC(C)NC(=O)Nc1ccc(C(=O)N2CCC3(CC2)CN=C(NC(=O)c2nc(I)c(N)nc2N)N3)cn1. The molecule has 0 saturated carbocycles. The van der Waals surface area contributed by atoms with Gasteiger partial charge in [-0.3, -0.25) is 25.2 Å². The molecule has 1 spiro atoms. The summed E-state index contributed by atoms with van der Waals surface area (Å²) < 4.78 is 0.379. The van der Waals surface area contributed by atoms with Crippen LogP contribution in [0.1, 0.15) is 47.5 Å². The molecular formula is C22H28IN11O3. The average Bonchev–Trinajstić information content (AvgIpc) is 3.23. The van der Waals surface area contributed by atoms with E-state index in [0.717, 1.165) is 0 Å². The first-order valence-electron chi connectivity index (χ1n) is 11.6. The van der Waals surface area contributed by atoms with Crippen LogP contribution in [0, 0.1) is 3.70 Å². The predicted octanol–water partition coefficient (Wildman–Crippen LogP) is 0.535. The number of amides is 4. The van der Waals surface area contributed by atoms with Crippen molar-refractivity contribution in [3.05, 3.63) is 33.3 Å². The molecule has 14 nitrogen and oxygen atoms in total. The van der Waals surface area contributed by atoms with E-state index in [1.54, 1.807) is 17.0 Å². The van der Waals surface area contributed by atoms with E-state index >= 15 is 0 Å². The number of rotatable bonds is 4. The van der Waals surface area contributed by atoms with Crippen molar-refractivity contribution >= 4 is 63.8 Å². The Kier molecular flexibility index (Phi) is 7.60. The van der Waals surface area contributed by atoms with Crippen molar-refractivity contribution in [1.82, 2.24) is 35.8 Å². The zero-order valence-corrected chi connectivity index (χ0v) is 22.5. The molecule has 4 amide bonds. The summed E-state index contributed by atoms with van der Waals surface area (Å²) in [5.41, 5.74) is 11.5. The standard InChI is InChI=1S/C22H28IN11O3/c1-11(2)28-21(37)29-13-4-3-12(9-26-13)19(36)34-7-5-22(6-8-34)10-27-20(33-22)32-18(35)14-16(24)31-17(25)15(23)30-14/h3-4,9,11H,5-8,10H2,1-2H3,(H4,24,25,31)(H2,26,28,29,37)(H2,27,32,33,35). The number of anilines is 3. The van der Waals surface area contributed by atoms with Crippen LogP contribution >= 0.6 is 22.6 Å². The van der Waals surface area contributed by atoms with E-state index in [-0.39, 0.29) is 40.8 Å². The molecule has 2 aromatic rings. The van der Waals surface area contributed by atoms with Gasteiger partial charge in [-0.05, 0) is 61.4 Å². The Morgan fingerprint density at radius 1 is 1.11 bits per heavy atom. The van der Waals surface area contributed by atoms with Crippen molar-refractivity contribution in [2.24, 2.45) is 4.99 Å². The number of hydrogen-bond donors (Lipinski definition) is 6. The highest BCUT2D eigenvalue weighted by molar-refractivity contribution is 14.1. The summed E-state index contributed by atoms with van der Waals surface area (Å²) in [6, 6.07) is 2.88. The molecule has 0 aliphatic carbocycles. The van der Waals surface area contributed by atoms with Gasteiger partial charge in [0.05, 0.1) is 17.6 Å². The van der Waals surface area contributed by atoms with Crippen LogP contribution < -0.4 is 32.7 Å². The Balaban J connectivity index is 1.29. The molecule has 2 aliphatic heterocycles. The molecule has 8 N–H and O–H groups in total. The summed E-state index contributed by atoms with van der Waals surface area (Å²) >= 11 is 1.88. The Morgan fingerprint density at radius 2 is 1.84 bits per heavy atom. The second-order valence-electron chi connectivity index (χ2n) is 9.14. The van der Waals surface area contributed by atoms with E-state index in [9.17, 15) is 14.4 Å². The van der Waals surface area contributed by atoms with Gasteiger partial charge in [-0.2, -0.15) is 0 Å². The second kappa shape index (κ2) is 10.7. The molecule has 4 rings (SSSR count). The quantitative estimate of drug-likeness (QED) is 0.263. The van der Waals surface area contributed by atoms with E-state index in [0.29, 0.717) is 53.5 Å². The maximum Gasteiger partial charge on any atom is 0.320 e. The van der Waals surface area contributed by atoms with Crippen molar-refractivity contribution in [1.29, 1.82) is 0 Å². The van der Waals surface area contributed by atoms with Gasteiger partial charge in [-0.1, -0.05) is 0 Å². The molecule has 4 heterocycles. The lowest BCUT2D eigenvalue weighted by atomic mass is 9.88. The smallest absolute Gasteiger partial charge is 0.320 e. The number of carbonyl (C=O) groups is 3. The van der Waals surface area contributed by atoms with Gasteiger partial charge in [0, 0.05) is 25.3 Å². The van der Waals surface area contributed by atoms with Gasteiger partial charge < -0.3 is 27.0 Å². The topological polar surface area (TPSA) is 206 Å². The summed E-state index contributed by atoms with van der Waals surface area (Å²) in [4.78, 5) is 55.8. The number of aliphatic imine (C=N–C) groups is 1. The Labute approximate surface area is 226 Å². The lowest BCUT2D eigenvalue weighted by Crippen LogP contribution is -2.57. The van der Waals surface area contributed by atoms with E-state index in [4.69, 9.17) is 11.5 Å². The second-order valence-corrected chi connectivity index (χ2v) is 10.2. The number of likely N-dealkylation sites (tertiary alicyclic amines) is 1. The van der Waals surface area contributed by atoms with Crippen molar-refractivity contribution in [2.45, 2.75) is 38.3 Å². The summed E-state index contributed by atoms with van der Waals surface area (Å²) in [5.74, 6) is 0.101. The van der Waals surface area contributed by atoms with Crippen molar-refractivity contribution in [3.63, 3.8) is 0 Å². The Bertz CT molecular complexity index is 1240. The molecular weight excluding hydrogens is 593 g/mol. The van der Waals surface area contributed by atoms with E-state index in [2.05, 4.69) is 41.2 Å². The van der Waals surface area contributed by atoms with Crippen LogP contribution in [0.25, 0.3) is 0 Å². The van der Waals surface area contributed by atoms with E-state index < -0.39 is 5.91 Å². The largest absolute Gasteiger partial charge is 0.382 e. The third-order valence-corrected chi connectivity index (χ3v) is 6.75. The highest BCUT2D eigenvalue weighted by Crippen LogP contribution is 2.27. The average molecular weight is 621 g/mol. The Hall–Kier alpha value is -3.76. The zero-order valence-electron chi connectivity index (χ0n) is 20.3. The molecule has 1 saturated heterocycles. The molecule has 37 heavy (non-hydrogen) atoms. The van der Waals surface area contributed by atoms with Crippen LogP contribution in [0.4, 0.5) is 22.2 Å². The number of carbonyl (C=O) groups excluding carboxylic acids is 3. The van der Waals surface area contributed by atoms with Gasteiger partial charge >= 0.3 is 6.03 Å². The summed E-state index contributed by atoms with van der Waals surface area (Å²) in [6.45, 7) is 5.19. The lowest BCUT2D eigenvalue weighted by molar-refractivity contribution is 0.0668. The van der Waals surface area contributed by atoms with Crippen LogP contribution in [-0.2, 0) is 0 Å². The van der Waals surface area contributed by atoms with Gasteiger partial charge in [-0.15, -0.1) is 0 Å². The summed E-state index contributed by atoms with van der Waals surface area (Å²) in [5, 5.41) is 11.3. The summed E-state index contributed by atoms with van der Waals surface area (Å²) in [6.07, 6.45) is 2.74. The highest BCUT2D eigenvalue weighted by Gasteiger charge is 2.40. The first-order valence-corrected chi connectivity index (χ1v) is 12.7. The number of pyridine rings is 1. The number of urea groups is 1. The number of nitrogens with two attached hydrogens (primary N) is 2. The van der Waals surface area contributed by atoms with Gasteiger partial charge in [-0.25, -0.2) is 19.7 Å². The third kappa shape index (κ3) is 6.15. The predicted molar refractivity (Wildman–Crippen MR) is 146 cm³/mol. The first-order chi connectivity index (χ1) is 17.5. The van der Waals surface area contributed by atoms with E-state index in [1.807, 2.05) is 36.4 Å². The molecule has 2 aromatic heterocycles. The minimum atomic E-state index is -0.536. The molecule has 196 valence electrons. The number of nitrogens with one attached hydrogen (secondary N) is 4. The highest BCUT2D eigenvalue weighted by atomic mass is 127. The van der Waals surface area contributed by atoms with Crippen LogP contribution in [0.15, 0.2) is 23.3 Å². The maximum atomic E-state index is 13.0. The lowest BCUT2D eigenvalue weighted by Gasteiger charge is -2.39. The van der Waals surface area contributed by atoms with E-state index in [1.165, 1.54) is 6.20 Å². The minimum Gasteiger partial charge on any atom is -0.382 e. The van der Waals surface area contributed by atoms with Crippen LogP contribution in [0.2, 0.25) is 0 Å². The first kappa shape index (κ1) is 26.3. The van der Waals surface area contributed by atoms with Gasteiger partial charge in [0.25, 0.3) is 11.8 Å². The fourth-order valence-electron chi connectivity index (χ4n) is 4.02. The molecule has 0 unspecified atom stereocenters. The van der Waals surface area contributed by atoms with Crippen molar-refractivity contribution < 1.29 is 14.4 Å². The molecule has 1 fully saturated rings. The van der Waals surface area contributed by atoms with Crippen LogP contribution in [-0.4, -0.2) is 74.9 Å². The number of hydrogen-bond acceptors (Lipinski definition) is 10. The zero-order chi connectivity index (χ0) is 26.7. The number of aromatic nitrogens is 3. The van der Waals surface area contributed by atoms with Crippen molar-refractivity contribution in [2.75, 3.05) is 36.4 Å². The molecule has 0 atom stereocenters. The molecule has 0 bridgehead atoms. The van der Waals surface area contributed by atoms with Crippen LogP contribution in [0.3, 0.4) is 0 Å². The molecule has 15 heteroatoms. The molecule has 0 aromatic carbocycles. The number of halogens is 1.